The van der Waals surface area contributed by atoms with Gasteiger partial charge in [-0.2, -0.15) is 0 Å². The Balaban J connectivity index is 2.02. The van der Waals surface area contributed by atoms with Crippen LogP contribution in [0.1, 0.15) is 36.5 Å². The van der Waals surface area contributed by atoms with E-state index in [0.717, 1.165) is 0 Å². The predicted molar refractivity (Wildman–Crippen MR) is 76.1 cm³/mol. The number of aryl methyl sites for hydroxylation is 1. The second kappa shape index (κ2) is 5.51. The standard InChI is InChI=1S/C14H18N4O3/c1-9-16-17-11-5-4-10(8-18(9)11)12(19)15-7-6-14(2,3)13(20)21/h4-5,8H,6-7H2,1-3H3,(H,15,19)(H,20,21). The van der Waals surface area contributed by atoms with E-state index in [2.05, 4.69) is 15.5 Å². The highest BCUT2D eigenvalue weighted by molar-refractivity contribution is 5.94. The third kappa shape index (κ3) is 3.18. The zero-order valence-corrected chi connectivity index (χ0v) is 12.3. The predicted octanol–water partition coefficient (Wildman–Crippen LogP) is 1.27. The number of aromatic nitrogens is 3. The Hall–Kier alpha value is -2.44. The minimum Gasteiger partial charge on any atom is -0.481 e. The van der Waals surface area contributed by atoms with Crippen molar-refractivity contribution in [3.63, 3.8) is 0 Å². The van der Waals surface area contributed by atoms with Crippen molar-refractivity contribution in [2.24, 2.45) is 5.41 Å². The Morgan fingerprint density at radius 3 is 2.71 bits per heavy atom. The van der Waals surface area contributed by atoms with Crippen LogP contribution >= 0.6 is 0 Å². The molecule has 0 aliphatic heterocycles. The van der Waals surface area contributed by atoms with Gasteiger partial charge >= 0.3 is 5.97 Å². The van der Waals surface area contributed by atoms with E-state index in [-0.39, 0.29) is 5.91 Å². The normalized spacial score (nSPS) is 11.6. The molecule has 2 rings (SSSR count). The van der Waals surface area contributed by atoms with E-state index >= 15 is 0 Å². The van der Waals surface area contributed by atoms with E-state index in [1.54, 1.807) is 43.5 Å². The van der Waals surface area contributed by atoms with Crippen LogP contribution in [-0.2, 0) is 4.79 Å². The van der Waals surface area contributed by atoms with Crippen LogP contribution in [0, 0.1) is 12.3 Å². The monoisotopic (exact) mass is 290 g/mol. The summed E-state index contributed by atoms with van der Waals surface area (Å²) in [5, 5.41) is 19.6. The number of nitrogens with zero attached hydrogens (tertiary/aromatic N) is 3. The van der Waals surface area contributed by atoms with Crippen molar-refractivity contribution < 1.29 is 14.7 Å². The molecule has 21 heavy (non-hydrogen) atoms. The summed E-state index contributed by atoms with van der Waals surface area (Å²) in [5.74, 6) is -0.420. The maximum absolute atomic E-state index is 12.1. The van der Waals surface area contributed by atoms with Gasteiger partial charge in [-0.05, 0) is 39.3 Å². The van der Waals surface area contributed by atoms with Gasteiger partial charge in [0.15, 0.2) is 5.65 Å². The van der Waals surface area contributed by atoms with Crippen molar-refractivity contribution in [1.82, 2.24) is 19.9 Å². The highest BCUT2D eigenvalue weighted by Crippen LogP contribution is 2.19. The van der Waals surface area contributed by atoms with E-state index in [1.807, 2.05) is 0 Å². The molecule has 0 aliphatic rings. The van der Waals surface area contributed by atoms with E-state index < -0.39 is 11.4 Å². The minimum absolute atomic E-state index is 0.244. The number of carbonyl (C=O) groups excluding carboxylic acids is 1. The number of amides is 1. The van der Waals surface area contributed by atoms with E-state index in [0.29, 0.717) is 30.0 Å². The molecule has 2 aromatic heterocycles. The number of hydrogen-bond donors (Lipinski definition) is 2. The molecule has 7 heteroatoms. The molecular weight excluding hydrogens is 272 g/mol. The molecule has 0 saturated carbocycles. The fourth-order valence-corrected chi connectivity index (χ4v) is 1.84. The van der Waals surface area contributed by atoms with Gasteiger partial charge < -0.3 is 10.4 Å². The average molecular weight is 290 g/mol. The lowest BCUT2D eigenvalue weighted by Gasteiger charge is -2.18. The van der Waals surface area contributed by atoms with Crippen molar-refractivity contribution in [3.8, 4) is 0 Å². The van der Waals surface area contributed by atoms with E-state index in [4.69, 9.17) is 5.11 Å². The van der Waals surface area contributed by atoms with Crippen molar-refractivity contribution in [1.29, 1.82) is 0 Å². The fourth-order valence-electron chi connectivity index (χ4n) is 1.84. The average Bonchev–Trinajstić information content (AvgIpc) is 2.79. The van der Waals surface area contributed by atoms with Crippen LogP contribution in [0.3, 0.4) is 0 Å². The Morgan fingerprint density at radius 2 is 2.05 bits per heavy atom. The number of nitrogens with one attached hydrogen (secondary N) is 1. The maximum Gasteiger partial charge on any atom is 0.309 e. The summed E-state index contributed by atoms with van der Waals surface area (Å²) in [6.07, 6.45) is 2.03. The topological polar surface area (TPSA) is 96.6 Å². The number of fused-ring (bicyclic) bond motifs is 1. The number of hydrogen-bond acceptors (Lipinski definition) is 4. The molecule has 0 bridgehead atoms. The minimum atomic E-state index is -0.877. The number of aliphatic carboxylic acids is 1. The lowest BCUT2D eigenvalue weighted by Crippen LogP contribution is -2.32. The highest BCUT2D eigenvalue weighted by atomic mass is 16.4. The largest absolute Gasteiger partial charge is 0.481 e. The van der Waals surface area contributed by atoms with Crippen LogP contribution in [-0.4, -0.2) is 38.1 Å². The van der Waals surface area contributed by atoms with Crippen LogP contribution in [0.5, 0.6) is 0 Å². The van der Waals surface area contributed by atoms with Crippen molar-refractivity contribution >= 4 is 17.5 Å². The zero-order chi connectivity index (χ0) is 15.6. The molecule has 0 unspecified atom stereocenters. The number of pyridine rings is 1. The van der Waals surface area contributed by atoms with E-state index in [1.165, 1.54) is 0 Å². The summed E-state index contributed by atoms with van der Waals surface area (Å²) in [6.45, 7) is 5.37. The quantitative estimate of drug-likeness (QED) is 0.864. The summed E-state index contributed by atoms with van der Waals surface area (Å²) in [6, 6.07) is 3.39. The molecule has 0 atom stereocenters. The summed E-state index contributed by atoms with van der Waals surface area (Å²) >= 11 is 0. The first-order valence-corrected chi connectivity index (χ1v) is 6.64. The number of carbonyl (C=O) groups is 2. The zero-order valence-electron chi connectivity index (χ0n) is 12.3. The summed E-state index contributed by atoms with van der Waals surface area (Å²) < 4.78 is 1.73. The number of carboxylic acid groups (broad SMARTS) is 1. The van der Waals surface area contributed by atoms with Gasteiger partial charge in [-0.3, -0.25) is 14.0 Å². The molecule has 0 aliphatic carbocycles. The Kier molecular flexibility index (Phi) is 3.93. The van der Waals surface area contributed by atoms with Crippen LogP contribution in [0.15, 0.2) is 18.3 Å². The van der Waals surface area contributed by atoms with Crippen LogP contribution in [0.4, 0.5) is 0 Å². The lowest BCUT2D eigenvalue weighted by molar-refractivity contribution is -0.147. The van der Waals surface area contributed by atoms with Gasteiger partial charge in [0.1, 0.15) is 5.82 Å². The highest BCUT2D eigenvalue weighted by Gasteiger charge is 2.26. The molecule has 2 N–H and O–H groups in total. The Labute approximate surface area is 122 Å². The Morgan fingerprint density at radius 1 is 1.33 bits per heavy atom. The third-order valence-corrected chi connectivity index (χ3v) is 3.45. The van der Waals surface area contributed by atoms with Gasteiger partial charge in [-0.25, -0.2) is 0 Å². The van der Waals surface area contributed by atoms with Gasteiger partial charge in [0, 0.05) is 12.7 Å². The van der Waals surface area contributed by atoms with Gasteiger partial charge in [0.05, 0.1) is 11.0 Å². The first-order chi connectivity index (χ1) is 9.81. The molecular formula is C14H18N4O3. The molecule has 2 aromatic rings. The molecule has 7 nitrogen and oxygen atoms in total. The fraction of sp³-hybridized carbons (Fsp3) is 0.429. The Bertz CT molecular complexity index is 691. The molecule has 0 saturated heterocycles. The number of rotatable bonds is 5. The molecule has 1 amide bonds. The van der Waals surface area contributed by atoms with E-state index in [9.17, 15) is 9.59 Å². The van der Waals surface area contributed by atoms with Crippen molar-refractivity contribution in [2.75, 3.05) is 6.54 Å². The third-order valence-electron chi connectivity index (χ3n) is 3.45. The van der Waals surface area contributed by atoms with Crippen LogP contribution < -0.4 is 5.32 Å². The van der Waals surface area contributed by atoms with Gasteiger partial charge in [-0.15, -0.1) is 10.2 Å². The summed E-state index contributed by atoms with van der Waals surface area (Å²) in [4.78, 5) is 23.1. The lowest BCUT2D eigenvalue weighted by atomic mass is 9.90. The van der Waals surface area contributed by atoms with Gasteiger partial charge in [0.2, 0.25) is 0 Å². The van der Waals surface area contributed by atoms with Crippen LogP contribution in [0.25, 0.3) is 5.65 Å². The first-order valence-electron chi connectivity index (χ1n) is 6.64. The van der Waals surface area contributed by atoms with Gasteiger partial charge in [0.25, 0.3) is 5.91 Å². The van der Waals surface area contributed by atoms with Crippen molar-refractivity contribution in [3.05, 3.63) is 29.7 Å². The second-order valence-electron chi connectivity index (χ2n) is 5.59. The second-order valence-corrected chi connectivity index (χ2v) is 5.59. The first kappa shape index (κ1) is 15.0. The molecule has 0 radical (unpaired) electrons. The molecule has 112 valence electrons. The number of carboxylic acids is 1. The van der Waals surface area contributed by atoms with Crippen molar-refractivity contribution in [2.45, 2.75) is 27.2 Å². The van der Waals surface area contributed by atoms with Crippen LogP contribution in [0.2, 0.25) is 0 Å². The smallest absolute Gasteiger partial charge is 0.309 e. The summed E-state index contributed by atoms with van der Waals surface area (Å²) in [7, 11) is 0. The molecule has 2 heterocycles. The SMILES string of the molecule is Cc1nnc2ccc(C(=O)NCCC(C)(C)C(=O)O)cn12. The van der Waals surface area contributed by atoms with Gasteiger partial charge in [-0.1, -0.05) is 0 Å². The molecule has 0 aromatic carbocycles. The molecule has 0 fully saturated rings. The summed E-state index contributed by atoms with van der Waals surface area (Å²) in [5.41, 5.74) is 0.303. The molecule has 0 spiro atoms. The maximum atomic E-state index is 12.1.